The molecule has 1 aromatic rings. The van der Waals surface area contributed by atoms with Gasteiger partial charge in [0.15, 0.2) is 0 Å². The van der Waals surface area contributed by atoms with Gasteiger partial charge in [-0.2, -0.15) is 0 Å². The Morgan fingerprint density at radius 3 is 2.74 bits per heavy atom. The topological polar surface area (TPSA) is 44.4 Å². The summed E-state index contributed by atoms with van der Waals surface area (Å²) in [5.41, 5.74) is 2.07. The molecule has 4 nitrogen and oxygen atoms in total. The van der Waals surface area contributed by atoms with Crippen LogP contribution in [0.3, 0.4) is 0 Å². The van der Waals surface area contributed by atoms with Crippen molar-refractivity contribution in [3.8, 4) is 0 Å². The van der Waals surface area contributed by atoms with E-state index in [1.165, 1.54) is 5.56 Å². The van der Waals surface area contributed by atoms with E-state index in [0.717, 1.165) is 25.3 Å². The van der Waals surface area contributed by atoms with E-state index < -0.39 is 0 Å². The van der Waals surface area contributed by atoms with E-state index in [4.69, 9.17) is 0 Å². The van der Waals surface area contributed by atoms with Gasteiger partial charge in [0.05, 0.1) is 6.54 Å². The molecule has 0 bridgehead atoms. The number of carbonyl (C=O) groups excluding carboxylic acids is 1. The second-order valence-electron chi connectivity index (χ2n) is 5.00. The van der Waals surface area contributed by atoms with Gasteiger partial charge in [-0.3, -0.25) is 9.69 Å². The van der Waals surface area contributed by atoms with Crippen molar-refractivity contribution in [2.75, 3.05) is 31.5 Å². The molecule has 1 amide bonds. The van der Waals surface area contributed by atoms with Crippen LogP contribution < -0.4 is 10.6 Å². The molecule has 5 heteroatoms. The summed E-state index contributed by atoms with van der Waals surface area (Å²) in [7, 11) is 0. The molecule has 2 N–H and O–H groups in total. The minimum atomic E-state index is 0. The highest BCUT2D eigenvalue weighted by atomic mass is 35.5. The lowest BCUT2D eigenvalue weighted by Crippen LogP contribution is -2.51. The largest absolute Gasteiger partial charge is 0.325 e. The van der Waals surface area contributed by atoms with Crippen molar-refractivity contribution in [3.05, 3.63) is 29.8 Å². The van der Waals surface area contributed by atoms with E-state index in [2.05, 4.69) is 22.5 Å². The van der Waals surface area contributed by atoms with Gasteiger partial charge in [-0.15, -0.1) is 12.4 Å². The number of piperazine rings is 1. The molecule has 0 spiro atoms. The molecular formula is C14H22ClN3O. The van der Waals surface area contributed by atoms with Crippen LogP contribution in [0.5, 0.6) is 0 Å². The molecule has 0 aliphatic carbocycles. The Morgan fingerprint density at radius 2 is 2.11 bits per heavy atom. The highest BCUT2D eigenvalue weighted by molar-refractivity contribution is 5.92. The van der Waals surface area contributed by atoms with Crippen LogP contribution in [0.4, 0.5) is 5.69 Å². The summed E-state index contributed by atoms with van der Waals surface area (Å²) in [5, 5.41) is 6.30. The third-order valence-electron chi connectivity index (χ3n) is 3.16. The molecule has 19 heavy (non-hydrogen) atoms. The van der Waals surface area contributed by atoms with Crippen LogP contribution in [0.1, 0.15) is 12.5 Å². The standard InChI is InChI=1S/C14H21N3O.ClH/c1-11-3-5-13(6-4-11)16-14(18)10-17-8-7-15-12(2)9-17;/h3-6,12,15H,7-10H2,1-2H3,(H,16,18);1H. The number of nitrogens with one attached hydrogen (secondary N) is 2. The number of aryl methyl sites for hydroxylation is 1. The number of halogens is 1. The van der Waals surface area contributed by atoms with Crippen molar-refractivity contribution in [3.63, 3.8) is 0 Å². The zero-order chi connectivity index (χ0) is 13.0. The molecule has 0 radical (unpaired) electrons. The molecule has 1 heterocycles. The lowest BCUT2D eigenvalue weighted by atomic mass is 10.2. The Morgan fingerprint density at radius 1 is 1.42 bits per heavy atom. The van der Waals surface area contributed by atoms with Gasteiger partial charge in [0.2, 0.25) is 5.91 Å². The van der Waals surface area contributed by atoms with Gasteiger partial charge < -0.3 is 10.6 Å². The third kappa shape index (κ3) is 5.19. The van der Waals surface area contributed by atoms with Gasteiger partial charge in [-0.25, -0.2) is 0 Å². The van der Waals surface area contributed by atoms with Gasteiger partial charge in [0, 0.05) is 31.4 Å². The molecule has 106 valence electrons. The fourth-order valence-corrected chi connectivity index (χ4v) is 2.20. The molecule has 1 unspecified atom stereocenters. The lowest BCUT2D eigenvalue weighted by molar-refractivity contribution is -0.117. The van der Waals surface area contributed by atoms with Crippen molar-refractivity contribution >= 4 is 24.0 Å². The van der Waals surface area contributed by atoms with E-state index in [1.807, 2.05) is 31.2 Å². The zero-order valence-electron chi connectivity index (χ0n) is 11.5. The Bertz CT molecular complexity index is 408. The first-order valence-corrected chi connectivity index (χ1v) is 6.46. The van der Waals surface area contributed by atoms with Crippen LogP contribution >= 0.6 is 12.4 Å². The SMILES string of the molecule is Cc1ccc(NC(=O)CN2CCNC(C)C2)cc1.Cl. The Hall–Kier alpha value is -1.10. The molecule has 0 saturated carbocycles. The number of hydrogen-bond acceptors (Lipinski definition) is 3. The minimum Gasteiger partial charge on any atom is -0.325 e. The molecule has 1 atom stereocenters. The average molecular weight is 284 g/mol. The maximum absolute atomic E-state index is 11.9. The van der Waals surface area contributed by atoms with Crippen molar-refractivity contribution in [2.24, 2.45) is 0 Å². The fraction of sp³-hybridized carbons (Fsp3) is 0.500. The molecule has 1 fully saturated rings. The van der Waals surface area contributed by atoms with Crippen molar-refractivity contribution in [1.82, 2.24) is 10.2 Å². The Kier molecular flexibility index (Phi) is 6.28. The summed E-state index contributed by atoms with van der Waals surface area (Å²) in [6.07, 6.45) is 0. The first-order valence-electron chi connectivity index (χ1n) is 6.46. The number of hydrogen-bond donors (Lipinski definition) is 2. The molecule has 1 aliphatic heterocycles. The number of anilines is 1. The number of nitrogens with zero attached hydrogens (tertiary/aromatic N) is 1. The molecule has 1 saturated heterocycles. The predicted octanol–water partition coefficient (Wildman–Crippen LogP) is 1.65. The van der Waals surface area contributed by atoms with Gasteiger partial charge in [-0.1, -0.05) is 17.7 Å². The van der Waals surface area contributed by atoms with Crippen molar-refractivity contribution in [1.29, 1.82) is 0 Å². The van der Waals surface area contributed by atoms with Crippen molar-refractivity contribution < 1.29 is 4.79 Å². The highest BCUT2D eigenvalue weighted by Gasteiger charge is 2.17. The number of benzene rings is 1. The number of rotatable bonds is 3. The number of amides is 1. The smallest absolute Gasteiger partial charge is 0.238 e. The molecule has 1 aliphatic rings. The van der Waals surface area contributed by atoms with Gasteiger partial charge in [0.25, 0.3) is 0 Å². The van der Waals surface area contributed by atoms with Crippen LogP contribution in [-0.2, 0) is 4.79 Å². The lowest BCUT2D eigenvalue weighted by Gasteiger charge is -2.31. The van der Waals surface area contributed by atoms with E-state index in [-0.39, 0.29) is 18.3 Å². The Labute approximate surface area is 121 Å². The summed E-state index contributed by atoms with van der Waals surface area (Å²) in [5.74, 6) is 0.0629. The Balaban J connectivity index is 0.00000180. The van der Waals surface area contributed by atoms with Gasteiger partial charge in [0.1, 0.15) is 0 Å². The molecule has 0 aromatic heterocycles. The van der Waals surface area contributed by atoms with Gasteiger partial charge in [-0.05, 0) is 26.0 Å². The van der Waals surface area contributed by atoms with Crippen LogP contribution in [0.25, 0.3) is 0 Å². The van der Waals surface area contributed by atoms with Crippen LogP contribution in [0.15, 0.2) is 24.3 Å². The number of carbonyl (C=O) groups is 1. The van der Waals surface area contributed by atoms with E-state index >= 15 is 0 Å². The molecule has 1 aromatic carbocycles. The zero-order valence-corrected chi connectivity index (χ0v) is 12.3. The highest BCUT2D eigenvalue weighted by Crippen LogP contribution is 2.08. The van der Waals surface area contributed by atoms with E-state index in [0.29, 0.717) is 12.6 Å². The monoisotopic (exact) mass is 283 g/mol. The molecule has 2 rings (SSSR count). The van der Waals surface area contributed by atoms with Crippen LogP contribution in [-0.4, -0.2) is 43.0 Å². The third-order valence-corrected chi connectivity index (χ3v) is 3.16. The summed E-state index contributed by atoms with van der Waals surface area (Å²) in [6, 6.07) is 8.35. The average Bonchev–Trinajstić information content (AvgIpc) is 2.32. The van der Waals surface area contributed by atoms with E-state index in [9.17, 15) is 4.79 Å². The first kappa shape index (κ1) is 16.0. The quantitative estimate of drug-likeness (QED) is 0.887. The molecular weight excluding hydrogens is 262 g/mol. The summed E-state index contributed by atoms with van der Waals surface area (Å²) in [6.45, 7) is 7.48. The summed E-state index contributed by atoms with van der Waals surface area (Å²) >= 11 is 0. The van der Waals surface area contributed by atoms with Crippen molar-refractivity contribution in [2.45, 2.75) is 19.9 Å². The second kappa shape index (κ2) is 7.48. The predicted molar refractivity (Wildman–Crippen MR) is 81.0 cm³/mol. The summed E-state index contributed by atoms with van der Waals surface area (Å²) in [4.78, 5) is 14.1. The first-order chi connectivity index (χ1) is 8.63. The van der Waals surface area contributed by atoms with E-state index in [1.54, 1.807) is 0 Å². The normalized spacial score (nSPS) is 19.6. The van der Waals surface area contributed by atoms with Gasteiger partial charge >= 0.3 is 0 Å². The second-order valence-corrected chi connectivity index (χ2v) is 5.00. The van der Waals surface area contributed by atoms with Crippen LogP contribution in [0.2, 0.25) is 0 Å². The maximum atomic E-state index is 11.9. The van der Waals surface area contributed by atoms with Crippen LogP contribution in [0, 0.1) is 6.92 Å². The minimum absolute atomic E-state index is 0. The maximum Gasteiger partial charge on any atom is 0.238 e. The summed E-state index contributed by atoms with van der Waals surface area (Å²) < 4.78 is 0. The fourth-order valence-electron chi connectivity index (χ4n) is 2.20.